The van der Waals surface area contributed by atoms with Gasteiger partial charge in [-0.1, -0.05) is 53.2 Å². The summed E-state index contributed by atoms with van der Waals surface area (Å²) in [6.07, 6.45) is 3.56. The minimum atomic E-state index is 0.590. The van der Waals surface area contributed by atoms with E-state index in [0.717, 1.165) is 21.4 Å². The van der Waals surface area contributed by atoms with Crippen LogP contribution in [0.25, 0.3) is 11.3 Å². The molecule has 0 saturated heterocycles. The number of halogens is 1. The molecule has 1 heterocycles. The highest BCUT2D eigenvalue weighted by Crippen LogP contribution is 2.39. The number of hydrogen-bond acceptors (Lipinski definition) is 2. The summed E-state index contributed by atoms with van der Waals surface area (Å²) in [6, 6.07) is 17.6. The Kier molecular flexibility index (Phi) is 4.42. The van der Waals surface area contributed by atoms with Crippen LogP contribution in [0.3, 0.4) is 0 Å². The van der Waals surface area contributed by atoms with Gasteiger partial charge in [0.1, 0.15) is 0 Å². The fraction of sp³-hybridized carbons (Fsp3) is 0.250. The van der Waals surface area contributed by atoms with Gasteiger partial charge in [-0.3, -0.25) is 0 Å². The van der Waals surface area contributed by atoms with E-state index in [1.807, 2.05) is 0 Å². The van der Waals surface area contributed by atoms with Crippen molar-refractivity contribution in [1.82, 2.24) is 4.57 Å². The summed E-state index contributed by atoms with van der Waals surface area (Å²) in [5.41, 5.74) is 4.88. The smallest absolute Gasteiger partial charge is 0.190 e. The van der Waals surface area contributed by atoms with Crippen molar-refractivity contribution >= 4 is 33.0 Å². The molecule has 0 bridgehead atoms. The molecule has 3 aromatic rings. The third-order valence-electron chi connectivity index (χ3n) is 4.37. The first-order valence-corrected chi connectivity index (χ1v) is 10.0. The number of hydrogen-bond donors (Lipinski definition) is 0. The maximum Gasteiger partial charge on any atom is 0.190 e. The molecule has 122 valence electrons. The lowest BCUT2D eigenvalue weighted by atomic mass is 10.1. The molecule has 0 amide bonds. The van der Waals surface area contributed by atoms with Gasteiger partial charge in [0.2, 0.25) is 0 Å². The lowest BCUT2D eigenvalue weighted by Crippen LogP contribution is -2.14. The molecular formula is C20H19BrN2S. The minimum absolute atomic E-state index is 0.590. The zero-order chi connectivity index (χ0) is 16.5. The van der Waals surface area contributed by atoms with Crippen LogP contribution in [0.5, 0.6) is 0 Å². The summed E-state index contributed by atoms with van der Waals surface area (Å²) in [5.74, 6) is 0. The van der Waals surface area contributed by atoms with E-state index in [2.05, 4.69) is 81.3 Å². The Bertz CT molecular complexity index is 917. The second-order valence-corrected chi connectivity index (χ2v) is 7.81. The number of rotatable bonds is 4. The minimum Gasteiger partial charge on any atom is -0.313 e. The summed E-state index contributed by atoms with van der Waals surface area (Å²) in [6.45, 7) is 2.18. The first-order valence-electron chi connectivity index (χ1n) is 8.35. The Balaban J connectivity index is 1.82. The fourth-order valence-corrected chi connectivity index (χ4v) is 4.33. The molecule has 1 aliphatic rings. The first-order chi connectivity index (χ1) is 11.8. The highest BCUT2D eigenvalue weighted by molar-refractivity contribution is 9.10. The summed E-state index contributed by atoms with van der Waals surface area (Å²) in [7, 11) is 0. The normalized spacial score (nSPS) is 15.0. The molecule has 0 unspecified atom stereocenters. The summed E-state index contributed by atoms with van der Waals surface area (Å²) in [5, 5.41) is 2.23. The van der Waals surface area contributed by atoms with Gasteiger partial charge in [0.05, 0.1) is 11.4 Å². The molecule has 2 nitrogen and oxygen atoms in total. The van der Waals surface area contributed by atoms with E-state index in [0.29, 0.717) is 6.04 Å². The molecule has 1 aliphatic carbocycles. The predicted octanol–water partition coefficient (Wildman–Crippen LogP) is 6.11. The maximum absolute atomic E-state index is 4.92. The average Bonchev–Trinajstić information content (AvgIpc) is 3.37. The molecule has 0 atom stereocenters. The molecule has 0 aliphatic heterocycles. The van der Waals surface area contributed by atoms with E-state index in [4.69, 9.17) is 4.99 Å². The van der Waals surface area contributed by atoms with Gasteiger partial charge in [-0.2, -0.15) is 0 Å². The van der Waals surface area contributed by atoms with Crippen molar-refractivity contribution in [2.75, 3.05) is 0 Å². The van der Waals surface area contributed by atoms with Crippen molar-refractivity contribution in [2.24, 2.45) is 4.99 Å². The largest absolute Gasteiger partial charge is 0.313 e. The highest BCUT2D eigenvalue weighted by Gasteiger charge is 2.27. The summed E-state index contributed by atoms with van der Waals surface area (Å²) >= 11 is 5.42. The Hall–Kier alpha value is -1.65. The maximum atomic E-state index is 4.92. The van der Waals surface area contributed by atoms with Crippen molar-refractivity contribution in [1.29, 1.82) is 0 Å². The number of thiazole rings is 1. The fourth-order valence-electron chi connectivity index (χ4n) is 2.87. The van der Waals surface area contributed by atoms with Crippen LogP contribution in [-0.2, 0) is 6.42 Å². The van der Waals surface area contributed by atoms with Gasteiger partial charge in [-0.25, -0.2) is 4.99 Å². The van der Waals surface area contributed by atoms with Crippen LogP contribution in [0.4, 0.5) is 5.69 Å². The zero-order valence-electron chi connectivity index (χ0n) is 13.6. The molecule has 1 aromatic heterocycles. The predicted molar refractivity (Wildman–Crippen MR) is 105 cm³/mol. The summed E-state index contributed by atoms with van der Waals surface area (Å²) in [4.78, 5) is 6.01. The van der Waals surface area contributed by atoms with Gasteiger partial charge in [0.25, 0.3) is 0 Å². The summed E-state index contributed by atoms with van der Waals surface area (Å²) < 4.78 is 3.55. The first kappa shape index (κ1) is 15.9. The van der Waals surface area contributed by atoms with Gasteiger partial charge in [0, 0.05) is 21.5 Å². The number of aromatic nitrogens is 1. The van der Waals surface area contributed by atoms with E-state index in [1.54, 1.807) is 11.3 Å². The Morgan fingerprint density at radius 3 is 2.54 bits per heavy atom. The van der Waals surface area contributed by atoms with E-state index in [1.165, 1.54) is 29.7 Å². The number of benzene rings is 2. The Morgan fingerprint density at radius 2 is 1.88 bits per heavy atom. The number of aryl methyl sites for hydroxylation is 1. The van der Waals surface area contributed by atoms with Crippen LogP contribution in [0.15, 0.2) is 63.4 Å². The van der Waals surface area contributed by atoms with Crippen LogP contribution in [0, 0.1) is 0 Å². The van der Waals surface area contributed by atoms with Crippen LogP contribution in [0.2, 0.25) is 0 Å². The van der Waals surface area contributed by atoms with Crippen LogP contribution < -0.4 is 4.80 Å². The van der Waals surface area contributed by atoms with Gasteiger partial charge in [-0.05, 0) is 43.0 Å². The molecule has 0 spiro atoms. The molecule has 2 aromatic carbocycles. The van der Waals surface area contributed by atoms with Gasteiger partial charge in [-0.15, -0.1) is 11.3 Å². The molecule has 1 fully saturated rings. The van der Waals surface area contributed by atoms with E-state index < -0.39 is 0 Å². The van der Waals surface area contributed by atoms with E-state index in [-0.39, 0.29) is 0 Å². The van der Waals surface area contributed by atoms with Crippen molar-refractivity contribution < 1.29 is 0 Å². The zero-order valence-corrected chi connectivity index (χ0v) is 16.0. The topological polar surface area (TPSA) is 17.3 Å². The SMILES string of the molecule is CCc1ccc(N=c2scc(-c3ccccc3Br)n2C2CC2)cc1. The monoisotopic (exact) mass is 398 g/mol. The van der Waals surface area contributed by atoms with Crippen LogP contribution in [0.1, 0.15) is 31.4 Å². The van der Waals surface area contributed by atoms with Gasteiger partial charge >= 0.3 is 0 Å². The lowest BCUT2D eigenvalue weighted by Gasteiger charge is -2.09. The van der Waals surface area contributed by atoms with E-state index in [9.17, 15) is 0 Å². The number of nitrogens with zero attached hydrogens (tertiary/aromatic N) is 2. The molecule has 4 heteroatoms. The van der Waals surface area contributed by atoms with Crippen molar-refractivity contribution in [2.45, 2.75) is 32.2 Å². The standard InChI is InChI=1S/C20H19BrN2S/c1-2-14-7-9-15(10-8-14)22-20-23(16-11-12-16)19(13-24-20)17-5-3-4-6-18(17)21/h3-10,13,16H,2,11-12H2,1H3. The molecule has 1 saturated carbocycles. The van der Waals surface area contributed by atoms with Crippen molar-refractivity contribution in [3.05, 3.63) is 68.7 Å². The molecule has 0 radical (unpaired) electrons. The van der Waals surface area contributed by atoms with Crippen molar-refractivity contribution in [3.8, 4) is 11.3 Å². The Labute approximate surface area is 154 Å². The third-order valence-corrected chi connectivity index (χ3v) is 5.90. The van der Waals surface area contributed by atoms with Crippen LogP contribution in [-0.4, -0.2) is 4.57 Å². The quantitative estimate of drug-likeness (QED) is 0.504. The van der Waals surface area contributed by atoms with Gasteiger partial charge < -0.3 is 4.57 Å². The molecular weight excluding hydrogens is 380 g/mol. The average molecular weight is 399 g/mol. The molecule has 4 rings (SSSR count). The second kappa shape index (κ2) is 6.69. The van der Waals surface area contributed by atoms with Gasteiger partial charge in [0.15, 0.2) is 4.80 Å². The highest BCUT2D eigenvalue weighted by atomic mass is 79.9. The molecule has 0 N–H and O–H groups in total. The molecule has 24 heavy (non-hydrogen) atoms. The van der Waals surface area contributed by atoms with Crippen molar-refractivity contribution in [3.63, 3.8) is 0 Å². The lowest BCUT2D eigenvalue weighted by molar-refractivity contribution is 0.724. The van der Waals surface area contributed by atoms with E-state index >= 15 is 0 Å². The third kappa shape index (κ3) is 3.13. The van der Waals surface area contributed by atoms with Crippen LogP contribution >= 0.6 is 27.3 Å². The second-order valence-electron chi connectivity index (χ2n) is 6.12. The Morgan fingerprint density at radius 1 is 1.12 bits per heavy atom.